The highest BCUT2D eigenvalue weighted by Crippen LogP contribution is 2.34. The van der Waals surface area contributed by atoms with E-state index < -0.39 is 6.10 Å². The quantitative estimate of drug-likeness (QED) is 0.110. The second kappa shape index (κ2) is 15.3. The van der Waals surface area contributed by atoms with Gasteiger partial charge in [0.15, 0.2) is 0 Å². The summed E-state index contributed by atoms with van der Waals surface area (Å²) < 4.78 is 28.6. The molecule has 1 heterocycles. The van der Waals surface area contributed by atoms with E-state index in [1.54, 1.807) is 0 Å². The largest absolute Gasteiger partial charge is 0.491 e. The number of hydrogen-bond donors (Lipinski definition) is 1. The molecule has 254 valence electrons. The predicted octanol–water partition coefficient (Wildman–Crippen LogP) is 8.00. The summed E-state index contributed by atoms with van der Waals surface area (Å²) in [5.74, 6) is 2.37. The number of epoxide rings is 1. The molecule has 1 aliphatic carbocycles. The van der Waals surface area contributed by atoms with Crippen LogP contribution in [-0.4, -0.2) is 50.3 Å². The van der Waals surface area contributed by atoms with Crippen molar-refractivity contribution in [2.75, 3.05) is 33.0 Å². The molecule has 1 N–H and O–H groups in total. The first-order valence-corrected chi connectivity index (χ1v) is 17.3. The van der Waals surface area contributed by atoms with Crippen LogP contribution < -0.4 is 9.47 Å². The molecule has 0 spiro atoms. The first-order chi connectivity index (χ1) is 23.2. The molecule has 1 saturated heterocycles. The summed E-state index contributed by atoms with van der Waals surface area (Å²) in [5, 5.41) is 10.5. The normalized spacial score (nSPS) is 16.8. The summed E-state index contributed by atoms with van der Waals surface area (Å²) in [6.07, 6.45) is 2.15. The Kier molecular flexibility index (Phi) is 10.9. The average molecular weight is 651 g/mol. The molecular weight excluding hydrogens is 600 g/mol. The van der Waals surface area contributed by atoms with Crippen LogP contribution in [0.2, 0.25) is 0 Å². The van der Waals surface area contributed by atoms with Crippen LogP contribution in [0.15, 0.2) is 97.1 Å². The highest BCUT2D eigenvalue weighted by molar-refractivity contribution is 5.42. The minimum Gasteiger partial charge on any atom is -0.491 e. The van der Waals surface area contributed by atoms with Crippen molar-refractivity contribution in [3.63, 3.8) is 0 Å². The Morgan fingerprint density at radius 3 is 1.50 bits per heavy atom. The van der Waals surface area contributed by atoms with Crippen LogP contribution in [0.25, 0.3) is 0 Å². The summed E-state index contributed by atoms with van der Waals surface area (Å²) in [5.41, 5.74) is 6.85. The first kappa shape index (κ1) is 34.2. The molecule has 1 aliphatic heterocycles. The smallest absolute Gasteiger partial charge is 0.119 e. The zero-order valence-electron chi connectivity index (χ0n) is 28.8. The maximum atomic E-state index is 10.5. The fourth-order valence-electron chi connectivity index (χ4n) is 5.84. The van der Waals surface area contributed by atoms with Crippen LogP contribution in [0.5, 0.6) is 11.5 Å². The third kappa shape index (κ3) is 9.26. The van der Waals surface area contributed by atoms with Gasteiger partial charge in [0.05, 0.1) is 26.4 Å². The van der Waals surface area contributed by atoms with E-state index in [2.05, 4.69) is 100 Å². The van der Waals surface area contributed by atoms with E-state index in [9.17, 15) is 5.11 Å². The fraction of sp³-hybridized carbons (Fsp3) is 0.429. The molecule has 4 aromatic carbocycles. The molecule has 6 heteroatoms. The van der Waals surface area contributed by atoms with Crippen LogP contribution in [-0.2, 0) is 38.3 Å². The lowest BCUT2D eigenvalue weighted by atomic mass is 9.78. The number of benzene rings is 4. The molecule has 2 atom stereocenters. The number of rotatable bonds is 18. The van der Waals surface area contributed by atoms with Crippen molar-refractivity contribution >= 4 is 0 Å². The van der Waals surface area contributed by atoms with Crippen molar-refractivity contribution in [3.05, 3.63) is 130 Å². The first-order valence-electron chi connectivity index (χ1n) is 17.3. The van der Waals surface area contributed by atoms with E-state index >= 15 is 0 Å². The van der Waals surface area contributed by atoms with E-state index in [1.165, 1.54) is 40.7 Å². The molecule has 2 fully saturated rings. The highest BCUT2D eigenvalue weighted by Gasteiger charge is 2.26. The van der Waals surface area contributed by atoms with Gasteiger partial charge in [-0.15, -0.1) is 0 Å². The standard InChI is InChI=1S/C42H50O6/c1-41(2,33-11-7-31(8-12-33)24-44-23-30-5-6-30)35-15-19-38(20-16-35)46-27-37(43)26-45-25-32-9-13-34(14-10-32)42(3,4)36-17-21-39(22-18-36)47-28-40-29-48-40/h7-22,30,37,40,43H,5-6,23-29H2,1-4H3. The highest BCUT2D eigenvalue weighted by atomic mass is 16.6. The Bertz CT molecular complexity index is 1570. The fourth-order valence-corrected chi connectivity index (χ4v) is 5.84. The molecule has 0 amide bonds. The van der Waals surface area contributed by atoms with Gasteiger partial charge < -0.3 is 28.8 Å². The Hall–Kier alpha value is -3.68. The SMILES string of the molecule is CC(C)(c1ccc(COCC2CC2)cc1)c1ccc(OCC(O)COCc2ccc(C(C)(C)c3ccc(OCC4CO4)cc3)cc2)cc1. The van der Waals surface area contributed by atoms with Gasteiger partial charge in [-0.2, -0.15) is 0 Å². The van der Waals surface area contributed by atoms with Gasteiger partial charge in [0.1, 0.15) is 36.9 Å². The van der Waals surface area contributed by atoms with Gasteiger partial charge in [-0.1, -0.05) is 100 Å². The van der Waals surface area contributed by atoms with Crippen LogP contribution in [0, 0.1) is 5.92 Å². The van der Waals surface area contributed by atoms with Crippen molar-refractivity contribution in [1.82, 2.24) is 0 Å². The van der Waals surface area contributed by atoms with E-state index in [0.717, 1.165) is 36.2 Å². The molecule has 48 heavy (non-hydrogen) atoms. The second-order valence-corrected chi connectivity index (χ2v) is 14.4. The molecular formula is C42H50O6. The molecule has 4 aromatic rings. The number of aliphatic hydroxyl groups is 1. The summed E-state index contributed by atoms with van der Waals surface area (Å²) in [7, 11) is 0. The van der Waals surface area contributed by atoms with Gasteiger partial charge in [0.25, 0.3) is 0 Å². The lowest BCUT2D eigenvalue weighted by Crippen LogP contribution is -2.23. The molecule has 0 radical (unpaired) electrons. The Balaban J connectivity index is 0.916. The van der Waals surface area contributed by atoms with Gasteiger partial charge in [-0.25, -0.2) is 0 Å². The zero-order chi connectivity index (χ0) is 33.6. The van der Waals surface area contributed by atoms with Crippen LogP contribution in [0.4, 0.5) is 0 Å². The molecule has 6 rings (SSSR count). The van der Waals surface area contributed by atoms with Crippen molar-refractivity contribution in [2.45, 2.75) is 76.8 Å². The van der Waals surface area contributed by atoms with Crippen LogP contribution >= 0.6 is 0 Å². The Morgan fingerprint density at radius 1 is 0.604 bits per heavy atom. The van der Waals surface area contributed by atoms with E-state index in [1.807, 2.05) is 24.3 Å². The molecule has 6 nitrogen and oxygen atoms in total. The lowest BCUT2D eigenvalue weighted by Gasteiger charge is -2.26. The molecule has 2 aliphatic rings. The maximum absolute atomic E-state index is 10.5. The zero-order valence-corrected chi connectivity index (χ0v) is 28.8. The topological polar surface area (TPSA) is 69.7 Å². The minimum absolute atomic E-state index is 0.153. The number of ether oxygens (including phenoxy) is 5. The van der Waals surface area contributed by atoms with Gasteiger partial charge in [0.2, 0.25) is 0 Å². The summed E-state index contributed by atoms with van der Waals surface area (Å²) in [6.45, 7) is 12.7. The van der Waals surface area contributed by atoms with Gasteiger partial charge in [-0.05, 0) is 76.4 Å². The van der Waals surface area contributed by atoms with Crippen molar-refractivity contribution < 1.29 is 28.8 Å². The molecule has 0 aromatic heterocycles. The molecule has 2 unspecified atom stereocenters. The van der Waals surface area contributed by atoms with E-state index in [4.69, 9.17) is 23.7 Å². The third-order valence-electron chi connectivity index (χ3n) is 9.68. The number of hydrogen-bond acceptors (Lipinski definition) is 6. The van der Waals surface area contributed by atoms with Crippen LogP contribution in [0.1, 0.15) is 73.9 Å². The second-order valence-electron chi connectivity index (χ2n) is 14.4. The summed E-state index contributed by atoms with van der Waals surface area (Å²) in [6, 6.07) is 33.7. The van der Waals surface area contributed by atoms with Crippen molar-refractivity contribution in [1.29, 1.82) is 0 Å². The summed E-state index contributed by atoms with van der Waals surface area (Å²) in [4.78, 5) is 0. The Labute approximate surface area is 286 Å². The lowest BCUT2D eigenvalue weighted by molar-refractivity contribution is 0.00548. The predicted molar refractivity (Wildman–Crippen MR) is 189 cm³/mol. The van der Waals surface area contributed by atoms with E-state index in [0.29, 0.717) is 19.8 Å². The minimum atomic E-state index is -0.727. The van der Waals surface area contributed by atoms with Gasteiger partial charge in [0, 0.05) is 17.4 Å². The van der Waals surface area contributed by atoms with Gasteiger partial charge in [-0.3, -0.25) is 0 Å². The van der Waals surface area contributed by atoms with Crippen LogP contribution in [0.3, 0.4) is 0 Å². The Morgan fingerprint density at radius 2 is 1.04 bits per heavy atom. The number of aliphatic hydroxyl groups excluding tert-OH is 1. The maximum Gasteiger partial charge on any atom is 0.119 e. The average Bonchev–Trinajstić information content (AvgIpc) is 4.04. The van der Waals surface area contributed by atoms with Crippen molar-refractivity contribution in [3.8, 4) is 11.5 Å². The molecule has 1 saturated carbocycles. The monoisotopic (exact) mass is 650 g/mol. The molecule has 0 bridgehead atoms. The third-order valence-corrected chi connectivity index (χ3v) is 9.68. The van der Waals surface area contributed by atoms with Gasteiger partial charge >= 0.3 is 0 Å². The summed E-state index contributed by atoms with van der Waals surface area (Å²) >= 11 is 0. The van der Waals surface area contributed by atoms with Crippen molar-refractivity contribution in [2.24, 2.45) is 5.92 Å². The van der Waals surface area contributed by atoms with E-state index in [-0.39, 0.29) is 30.1 Å².